The van der Waals surface area contributed by atoms with Crippen molar-refractivity contribution in [2.45, 2.75) is 37.6 Å². The number of pyridine rings is 1. The molecule has 26 heavy (non-hydrogen) atoms. The molecule has 136 valence electrons. The predicted molar refractivity (Wildman–Crippen MR) is 99.3 cm³/mol. The zero-order valence-corrected chi connectivity index (χ0v) is 14.7. The van der Waals surface area contributed by atoms with Gasteiger partial charge in [-0.3, -0.25) is 4.79 Å². The molecule has 1 aliphatic heterocycles. The van der Waals surface area contributed by atoms with Crippen LogP contribution in [-0.4, -0.2) is 29.6 Å². The number of hydrogen-bond donors (Lipinski definition) is 2. The minimum atomic E-state index is -0.785. The van der Waals surface area contributed by atoms with E-state index in [2.05, 4.69) is 10.3 Å². The third kappa shape index (κ3) is 3.37. The standard InChI is InChI=1S/C20H23N3O3/c21-20(9-2-1-3-10-20)19(24)23-18-6-4-5-15(22-18)14-7-8-16-17(13-14)26-12-11-25-16/h4-8,13H,1-3,9-12,21H2,(H,22,23,24). The van der Waals surface area contributed by atoms with Crippen LogP contribution in [0, 0.1) is 0 Å². The summed E-state index contributed by atoms with van der Waals surface area (Å²) in [6.45, 7) is 1.10. The van der Waals surface area contributed by atoms with Crippen LogP contribution in [0.1, 0.15) is 32.1 Å². The van der Waals surface area contributed by atoms with Gasteiger partial charge in [-0.2, -0.15) is 0 Å². The van der Waals surface area contributed by atoms with E-state index in [1.54, 1.807) is 6.07 Å². The van der Waals surface area contributed by atoms with Crippen LogP contribution in [0.3, 0.4) is 0 Å². The van der Waals surface area contributed by atoms with Gasteiger partial charge in [0.25, 0.3) is 0 Å². The number of rotatable bonds is 3. The summed E-state index contributed by atoms with van der Waals surface area (Å²) < 4.78 is 11.2. The lowest BCUT2D eigenvalue weighted by Crippen LogP contribution is -2.52. The van der Waals surface area contributed by atoms with E-state index in [0.29, 0.717) is 24.8 Å². The normalized spacial score (nSPS) is 18.2. The highest BCUT2D eigenvalue weighted by molar-refractivity contribution is 5.97. The first-order valence-electron chi connectivity index (χ1n) is 9.11. The van der Waals surface area contributed by atoms with E-state index < -0.39 is 5.54 Å². The molecular weight excluding hydrogens is 330 g/mol. The second-order valence-corrected chi connectivity index (χ2v) is 6.94. The van der Waals surface area contributed by atoms with E-state index in [0.717, 1.165) is 49.1 Å². The number of amides is 1. The molecule has 3 N–H and O–H groups in total. The summed E-state index contributed by atoms with van der Waals surface area (Å²) in [7, 11) is 0. The molecule has 6 nitrogen and oxygen atoms in total. The molecule has 6 heteroatoms. The number of carbonyl (C=O) groups is 1. The Morgan fingerprint density at radius 2 is 1.81 bits per heavy atom. The predicted octanol–water partition coefficient (Wildman–Crippen LogP) is 3.12. The number of hydrogen-bond acceptors (Lipinski definition) is 5. The van der Waals surface area contributed by atoms with Crippen molar-refractivity contribution in [1.82, 2.24) is 4.98 Å². The second kappa shape index (κ2) is 6.96. The van der Waals surface area contributed by atoms with Gasteiger partial charge in [0.15, 0.2) is 11.5 Å². The molecule has 1 aromatic heterocycles. The van der Waals surface area contributed by atoms with Gasteiger partial charge in [0.2, 0.25) is 5.91 Å². The number of benzene rings is 1. The van der Waals surface area contributed by atoms with Gasteiger partial charge < -0.3 is 20.5 Å². The molecule has 0 radical (unpaired) electrons. The molecule has 1 fully saturated rings. The number of anilines is 1. The van der Waals surface area contributed by atoms with Crippen molar-refractivity contribution in [3.05, 3.63) is 36.4 Å². The van der Waals surface area contributed by atoms with Gasteiger partial charge in [-0.1, -0.05) is 25.3 Å². The Balaban J connectivity index is 1.54. The summed E-state index contributed by atoms with van der Waals surface area (Å²) in [5.41, 5.74) is 7.19. The second-order valence-electron chi connectivity index (χ2n) is 6.94. The minimum absolute atomic E-state index is 0.149. The van der Waals surface area contributed by atoms with Gasteiger partial charge >= 0.3 is 0 Å². The first-order valence-corrected chi connectivity index (χ1v) is 9.11. The Morgan fingerprint density at radius 3 is 2.62 bits per heavy atom. The fourth-order valence-corrected chi connectivity index (χ4v) is 3.52. The summed E-state index contributed by atoms with van der Waals surface area (Å²) in [5, 5.41) is 2.89. The average molecular weight is 353 g/mol. The van der Waals surface area contributed by atoms with E-state index in [1.165, 1.54) is 0 Å². The smallest absolute Gasteiger partial charge is 0.245 e. The third-order valence-corrected chi connectivity index (χ3v) is 5.03. The molecule has 0 bridgehead atoms. The molecule has 0 saturated heterocycles. The maximum absolute atomic E-state index is 12.6. The summed E-state index contributed by atoms with van der Waals surface area (Å²) in [4.78, 5) is 17.2. The Labute approximate surface area is 152 Å². The molecule has 2 aromatic rings. The largest absolute Gasteiger partial charge is 0.486 e. The maximum atomic E-state index is 12.6. The van der Waals surface area contributed by atoms with E-state index in [9.17, 15) is 4.79 Å². The molecule has 0 unspecified atom stereocenters. The molecular formula is C20H23N3O3. The van der Waals surface area contributed by atoms with Crippen LogP contribution >= 0.6 is 0 Å². The number of nitrogens with two attached hydrogens (primary N) is 1. The number of nitrogens with one attached hydrogen (secondary N) is 1. The SMILES string of the molecule is NC1(C(=O)Nc2cccc(-c3ccc4c(c3)OCCO4)n2)CCCCC1. The fraction of sp³-hybridized carbons (Fsp3) is 0.400. The highest BCUT2D eigenvalue weighted by Gasteiger charge is 2.35. The first-order chi connectivity index (χ1) is 12.6. The molecule has 2 aliphatic rings. The summed E-state index contributed by atoms with van der Waals surface area (Å²) >= 11 is 0. The van der Waals surface area contributed by atoms with Crippen molar-refractivity contribution in [1.29, 1.82) is 0 Å². The molecule has 0 spiro atoms. The third-order valence-electron chi connectivity index (χ3n) is 5.03. The number of aromatic nitrogens is 1. The lowest BCUT2D eigenvalue weighted by Gasteiger charge is -2.31. The van der Waals surface area contributed by atoms with E-state index in [4.69, 9.17) is 15.2 Å². The van der Waals surface area contributed by atoms with Gasteiger partial charge in [-0.25, -0.2) is 4.98 Å². The van der Waals surface area contributed by atoms with Crippen molar-refractivity contribution >= 4 is 11.7 Å². The van der Waals surface area contributed by atoms with Gasteiger partial charge in [0.1, 0.15) is 19.0 Å². The number of fused-ring (bicyclic) bond motifs is 1. The molecule has 1 aliphatic carbocycles. The minimum Gasteiger partial charge on any atom is -0.486 e. The highest BCUT2D eigenvalue weighted by Crippen LogP contribution is 2.34. The summed E-state index contributed by atoms with van der Waals surface area (Å²) in [6.07, 6.45) is 4.58. The van der Waals surface area contributed by atoms with Crippen LogP contribution in [0.5, 0.6) is 11.5 Å². The van der Waals surface area contributed by atoms with E-state index in [1.807, 2.05) is 30.3 Å². The molecule has 1 saturated carbocycles. The van der Waals surface area contributed by atoms with Crippen molar-refractivity contribution in [3.8, 4) is 22.8 Å². The summed E-state index contributed by atoms with van der Waals surface area (Å²) in [6, 6.07) is 11.3. The zero-order valence-electron chi connectivity index (χ0n) is 14.7. The van der Waals surface area contributed by atoms with Crippen LogP contribution in [0.4, 0.5) is 5.82 Å². The van der Waals surface area contributed by atoms with Crippen molar-refractivity contribution in [2.75, 3.05) is 18.5 Å². The Bertz CT molecular complexity index is 816. The molecule has 2 heterocycles. The van der Waals surface area contributed by atoms with Crippen LogP contribution in [0.15, 0.2) is 36.4 Å². The van der Waals surface area contributed by atoms with Gasteiger partial charge in [0, 0.05) is 5.56 Å². The Kier molecular flexibility index (Phi) is 4.51. The quantitative estimate of drug-likeness (QED) is 0.885. The molecule has 4 rings (SSSR count). The Hall–Kier alpha value is -2.60. The average Bonchev–Trinajstić information content (AvgIpc) is 2.68. The molecule has 0 atom stereocenters. The number of ether oxygens (including phenoxy) is 2. The van der Waals surface area contributed by atoms with Gasteiger partial charge in [-0.15, -0.1) is 0 Å². The van der Waals surface area contributed by atoms with E-state index in [-0.39, 0.29) is 5.91 Å². The number of carbonyl (C=O) groups excluding carboxylic acids is 1. The first kappa shape index (κ1) is 16.8. The summed E-state index contributed by atoms with van der Waals surface area (Å²) in [5.74, 6) is 1.82. The number of nitrogens with zero attached hydrogens (tertiary/aromatic N) is 1. The lowest BCUT2D eigenvalue weighted by atomic mass is 9.82. The maximum Gasteiger partial charge on any atom is 0.245 e. The van der Waals surface area contributed by atoms with Gasteiger partial charge in [0.05, 0.1) is 11.2 Å². The van der Waals surface area contributed by atoms with Crippen molar-refractivity contribution < 1.29 is 14.3 Å². The lowest BCUT2D eigenvalue weighted by molar-refractivity contribution is -0.122. The molecule has 1 amide bonds. The fourth-order valence-electron chi connectivity index (χ4n) is 3.52. The van der Waals surface area contributed by atoms with Crippen LogP contribution in [0.25, 0.3) is 11.3 Å². The van der Waals surface area contributed by atoms with Crippen LogP contribution in [-0.2, 0) is 4.79 Å². The monoisotopic (exact) mass is 353 g/mol. The molecule has 1 aromatic carbocycles. The van der Waals surface area contributed by atoms with Gasteiger partial charge in [-0.05, 0) is 43.2 Å². The van der Waals surface area contributed by atoms with Crippen molar-refractivity contribution in [2.24, 2.45) is 5.73 Å². The van der Waals surface area contributed by atoms with Crippen LogP contribution < -0.4 is 20.5 Å². The topological polar surface area (TPSA) is 86.5 Å². The Morgan fingerprint density at radius 1 is 1.04 bits per heavy atom. The highest BCUT2D eigenvalue weighted by atomic mass is 16.6. The van der Waals surface area contributed by atoms with Crippen molar-refractivity contribution in [3.63, 3.8) is 0 Å². The zero-order chi connectivity index (χ0) is 18.0. The van der Waals surface area contributed by atoms with Crippen LogP contribution in [0.2, 0.25) is 0 Å². The van der Waals surface area contributed by atoms with E-state index >= 15 is 0 Å².